The lowest BCUT2D eigenvalue weighted by Gasteiger charge is -2.25. The highest BCUT2D eigenvalue weighted by Gasteiger charge is 2.29. The number of nitrogens with zero attached hydrogens (tertiary/aromatic N) is 2. The summed E-state index contributed by atoms with van der Waals surface area (Å²) in [6.45, 7) is 1.37. The van der Waals surface area contributed by atoms with Crippen molar-refractivity contribution in [3.63, 3.8) is 0 Å². The maximum absolute atomic E-state index is 12.6. The van der Waals surface area contributed by atoms with Crippen molar-refractivity contribution in [2.24, 2.45) is 0 Å². The highest BCUT2D eigenvalue weighted by Crippen LogP contribution is 2.38. The predicted octanol–water partition coefficient (Wildman–Crippen LogP) is 2.06. The number of likely N-dealkylation sites (N-methyl/N-ethyl adjacent to an activating group) is 2. The molecule has 2 N–H and O–H groups in total. The SMILES string of the molecule is CN1CCC[C@H]1CN(C)S(=O)(=O)NC(=O)Nc1c2c(cc3c1CCC3)CCC2. The quantitative estimate of drug-likeness (QED) is 0.784. The number of carbonyl (C=O) groups is 1. The third kappa shape index (κ3) is 3.77. The fourth-order valence-corrected chi connectivity index (χ4v) is 5.72. The largest absolute Gasteiger partial charge is 0.333 e. The third-order valence-corrected chi connectivity index (χ3v) is 7.90. The molecule has 1 heterocycles. The van der Waals surface area contributed by atoms with Crippen LogP contribution in [-0.4, -0.2) is 56.9 Å². The summed E-state index contributed by atoms with van der Waals surface area (Å²) in [4.78, 5) is 14.8. The lowest BCUT2D eigenvalue weighted by atomic mass is 9.99. The number of likely N-dealkylation sites (tertiary alicyclic amines) is 1. The second-order valence-electron chi connectivity index (χ2n) is 8.35. The highest BCUT2D eigenvalue weighted by molar-refractivity contribution is 7.87. The molecule has 28 heavy (non-hydrogen) atoms. The molecule has 0 bridgehead atoms. The van der Waals surface area contributed by atoms with E-state index in [1.165, 1.54) is 33.6 Å². The number of hydrogen-bond donors (Lipinski definition) is 2. The number of urea groups is 1. The highest BCUT2D eigenvalue weighted by atomic mass is 32.2. The molecule has 0 aromatic heterocycles. The van der Waals surface area contributed by atoms with Crippen LogP contribution in [0.4, 0.5) is 10.5 Å². The van der Waals surface area contributed by atoms with E-state index in [2.05, 4.69) is 21.0 Å². The molecule has 1 fully saturated rings. The number of rotatable bonds is 5. The van der Waals surface area contributed by atoms with Crippen LogP contribution in [0.15, 0.2) is 6.07 Å². The maximum Gasteiger partial charge on any atom is 0.333 e. The molecule has 0 radical (unpaired) electrons. The summed E-state index contributed by atoms with van der Waals surface area (Å²) in [5, 5.41) is 2.89. The van der Waals surface area contributed by atoms with Gasteiger partial charge in [-0.05, 0) is 87.2 Å². The van der Waals surface area contributed by atoms with Gasteiger partial charge in [0.15, 0.2) is 0 Å². The van der Waals surface area contributed by atoms with Crippen LogP contribution in [0, 0.1) is 0 Å². The first-order valence-electron chi connectivity index (χ1n) is 10.3. The van der Waals surface area contributed by atoms with Crippen molar-refractivity contribution in [1.82, 2.24) is 13.9 Å². The molecular weight excluding hydrogens is 376 g/mol. The standard InChI is InChI=1S/C20H30N4O3S/c1-23-11-5-8-16(23)13-24(2)28(26,27)22-20(25)21-19-17-9-3-6-14(17)12-15-7-4-10-18(15)19/h12,16H,3-11,13H2,1-2H3,(H2,21,22,25)/t16-/m0/s1. The van der Waals surface area contributed by atoms with Crippen molar-refractivity contribution < 1.29 is 13.2 Å². The van der Waals surface area contributed by atoms with E-state index in [9.17, 15) is 13.2 Å². The Morgan fingerprint density at radius 1 is 1.14 bits per heavy atom. The molecule has 3 aliphatic rings. The van der Waals surface area contributed by atoms with Crippen LogP contribution in [0.3, 0.4) is 0 Å². The van der Waals surface area contributed by atoms with E-state index < -0.39 is 16.2 Å². The van der Waals surface area contributed by atoms with Gasteiger partial charge in [-0.2, -0.15) is 12.7 Å². The molecular formula is C20H30N4O3S. The number of aryl methyl sites for hydroxylation is 2. The van der Waals surface area contributed by atoms with E-state index in [-0.39, 0.29) is 6.04 Å². The Hall–Kier alpha value is -1.64. The topological polar surface area (TPSA) is 81.8 Å². The van der Waals surface area contributed by atoms with Gasteiger partial charge in [0, 0.05) is 25.3 Å². The maximum atomic E-state index is 12.6. The lowest BCUT2D eigenvalue weighted by Crippen LogP contribution is -2.47. The number of benzene rings is 1. The first-order valence-corrected chi connectivity index (χ1v) is 11.7. The van der Waals surface area contributed by atoms with Crippen LogP contribution < -0.4 is 10.0 Å². The summed E-state index contributed by atoms with van der Waals surface area (Å²) < 4.78 is 28.7. The summed E-state index contributed by atoms with van der Waals surface area (Å²) in [5.41, 5.74) is 5.84. The minimum atomic E-state index is -3.87. The van der Waals surface area contributed by atoms with Gasteiger partial charge in [0.1, 0.15) is 0 Å². The molecule has 0 unspecified atom stereocenters. The van der Waals surface area contributed by atoms with Gasteiger partial charge >= 0.3 is 16.2 Å². The Kier molecular flexibility index (Phi) is 5.37. The molecule has 2 aliphatic carbocycles. The molecule has 154 valence electrons. The summed E-state index contributed by atoms with van der Waals surface area (Å²) in [6, 6.07) is 1.82. The Labute approximate surface area is 167 Å². The second kappa shape index (κ2) is 7.65. The summed E-state index contributed by atoms with van der Waals surface area (Å²) in [7, 11) is -0.338. The van der Waals surface area contributed by atoms with Gasteiger partial charge in [0.05, 0.1) is 0 Å². The van der Waals surface area contributed by atoms with Crippen molar-refractivity contribution in [3.8, 4) is 0 Å². The molecule has 1 aromatic carbocycles. The third-order valence-electron chi connectivity index (χ3n) is 6.48. The van der Waals surface area contributed by atoms with Crippen LogP contribution in [0.25, 0.3) is 0 Å². The van der Waals surface area contributed by atoms with Crippen LogP contribution >= 0.6 is 0 Å². The number of hydrogen-bond acceptors (Lipinski definition) is 4. The Bertz CT molecular complexity index is 852. The Balaban J connectivity index is 1.46. The molecule has 1 saturated heterocycles. The molecule has 7 nitrogen and oxygen atoms in total. The number of carbonyl (C=O) groups excluding carboxylic acids is 1. The molecule has 0 spiro atoms. The molecule has 1 atom stereocenters. The van der Waals surface area contributed by atoms with Gasteiger partial charge in [-0.25, -0.2) is 9.52 Å². The molecule has 8 heteroatoms. The number of amides is 2. The normalized spacial score (nSPS) is 21.8. The van der Waals surface area contributed by atoms with Crippen molar-refractivity contribution in [3.05, 3.63) is 28.3 Å². The van der Waals surface area contributed by atoms with E-state index in [1.54, 1.807) is 0 Å². The molecule has 0 saturated carbocycles. The average Bonchev–Trinajstić information content (AvgIpc) is 3.35. The van der Waals surface area contributed by atoms with E-state index >= 15 is 0 Å². The van der Waals surface area contributed by atoms with Gasteiger partial charge in [0.25, 0.3) is 0 Å². The van der Waals surface area contributed by atoms with Crippen LogP contribution in [-0.2, 0) is 35.9 Å². The van der Waals surface area contributed by atoms with E-state index in [0.29, 0.717) is 6.54 Å². The lowest BCUT2D eigenvalue weighted by molar-refractivity contribution is 0.253. The minimum absolute atomic E-state index is 0.199. The summed E-state index contributed by atoms with van der Waals surface area (Å²) in [5.74, 6) is 0. The van der Waals surface area contributed by atoms with Crippen molar-refractivity contribution in [2.45, 2.75) is 57.4 Å². The van der Waals surface area contributed by atoms with Gasteiger partial charge < -0.3 is 10.2 Å². The second-order valence-corrected chi connectivity index (χ2v) is 10.1. The van der Waals surface area contributed by atoms with Gasteiger partial charge in [-0.3, -0.25) is 0 Å². The van der Waals surface area contributed by atoms with E-state index in [1.807, 2.05) is 7.05 Å². The molecule has 4 rings (SSSR count). The zero-order valence-electron chi connectivity index (χ0n) is 16.8. The monoisotopic (exact) mass is 406 g/mol. The number of fused-ring (bicyclic) bond motifs is 2. The fraction of sp³-hybridized carbons (Fsp3) is 0.650. The van der Waals surface area contributed by atoms with Gasteiger partial charge in [0.2, 0.25) is 0 Å². The molecule has 1 aliphatic heterocycles. The molecule has 2 amide bonds. The predicted molar refractivity (Wildman–Crippen MR) is 110 cm³/mol. The van der Waals surface area contributed by atoms with Crippen molar-refractivity contribution in [1.29, 1.82) is 0 Å². The van der Waals surface area contributed by atoms with E-state index in [4.69, 9.17) is 0 Å². The fourth-order valence-electron chi connectivity index (χ4n) is 4.91. The average molecular weight is 407 g/mol. The Morgan fingerprint density at radius 3 is 2.36 bits per heavy atom. The first-order chi connectivity index (χ1) is 13.3. The Morgan fingerprint density at radius 2 is 1.79 bits per heavy atom. The zero-order chi connectivity index (χ0) is 19.9. The smallest absolute Gasteiger partial charge is 0.307 e. The van der Waals surface area contributed by atoms with Crippen molar-refractivity contribution >= 4 is 21.9 Å². The van der Waals surface area contributed by atoms with Crippen LogP contribution in [0.1, 0.15) is 47.9 Å². The summed E-state index contributed by atoms with van der Waals surface area (Å²) in [6.07, 6.45) is 8.19. The number of anilines is 1. The minimum Gasteiger partial charge on any atom is -0.307 e. The summed E-state index contributed by atoms with van der Waals surface area (Å²) >= 11 is 0. The number of nitrogens with one attached hydrogen (secondary N) is 2. The van der Waals surface area contributed by atoms with Crippen LogP contribution in [0.2, 0.25) is 0 Å². The van der Waals surface area contributed by atoms with Gasteiger partial charge in [-0.1, -0.05) is 6.07 Å². The first kappa shape index (κ1) is 19.7. The van der Waals surface area contributed by atoms with E-state index in [0.717, 1.165) is 63.6 Å². The van der Waals surface area contributed by atoms with Crippen LogP contribution in [0.5, 0.6) is 0 Å². The van der Waals surface area contributed by atoms with Gasteiger partial charge in [-0.15, -0.1) is 0 Å². The van der Waals surface area contributed by atoms with Crippen molar-refractivity contribution in [2.75, 3.05) is 32.5 Å². The molecule has 1 aromatic rings. The zero-order valence-corrected chi connectivity index (χ0v) is 17.6.